The number of nitrogens with zero attached hydrogens (tertiary/aromatic N) is 1. The van der Waals surface area contributed by atoms with Crippen LogP contribution in [0.1, 0.15) is 39.2 Å². The summed E-state index contributed by atoms with van der Waals surface area (Å²) in [5.41, 5.74) is 0.317. The average molecular weight is 352 g/mol. The van der Waals surface area contributed by atoms with Crippen LogP contribution in [0.4, 0.5) is 5.69 Å². The Morgan fingerprint density at radius 2 is 1.76 bits per heavy atom. The van der Waals surface area contributed by atoms with Crippen LogP contribution in [0, 0.1) is 20.9 Å². The fourth-order valence-electron chi connectivity index (χ4n) is 4.47. The van der Waals surface area contributed by atoms with Crippen LogP contribution in [0.3, 0.4) is 0 Å². The predicted octanol–water partition coefficient (Wildman–Crippen LogP) is 4.01. The van der Waals surface area contributed by atoms with Gasteiger partial charge in [0.2, 0.25) is 0 Å². The van der Waals surface area contributed by atoms with Gasteiger partial charge in [-0.05, 0) is 23.8 Å². The molecule has 2 fully saturated rings. The van der Waals surface area contributed by atoms with Gasteiger partial charge in [0.05, 0.1) is 9.75 Å². The molecule has 5 heteroatoms. The lowest BCUT2D eigenvalue weighted by Crippen LogP contribution is -2.41. The number of halogens is 1. The molecule has 0 spiro atoms. The smallest absolute Gasteiger partial charge is 0.269 e. The molecule has 0 aromatic heterocycles. The average Bonchev–Trinajstić information content (AvgIpc) is 2.71. The molecule has 0 aliphatic heterocycles. The molecule has 2 aliphatic rings. The number of benzene rings is 1. The van der Waals surface area contributed by atoms with Gasteiger partial charge in [0.25, 0.3) is 5.69 Å². The van der Waals surface area contributed by atoms with Crippen LogP contribution in [0.5, 0.6) is 0 Å². The number of carbonyl (C=O) groups is 1. The van der Waals surface area contributed by atoms with E-state index in [0.717, 1.165) is 18.4 Å². The van der Waals surface area contributed by atoms with Crippen LogP contribution in [0.2, 0.25) is 0 Å². The Balaban J connectivity index is 2.16. The number of Topliss-reactive ketones (excluding diaryl/α,β-unsaturated/α-hetero) is 1. The summed E-state index contributed by atoms with van der Waals surface area (Å²) in [6.07, 6.45) is 1.80. The Kier molecular flexibility index (Phi) is 2.91. The molecule has 0 N–H and O–H groups in total. The molecule has 1 aromatic carbocycles. The molecule has 1 aromatic rings. The van der Waals surface area contributed by atoms with Crippen molar-refractivity contribution in [3.63, 3.8) is 0 Å². The van der Waals surface area contributed by atoms with Gasteiger partial charge in [-0.25, -0.2) is 0 Å². The van der Waals surface area contributed by atoms with Gasteiger partial charge in [0, 0.05) is 23.0 Å². The first-order valence-corrected chi connectivity index (χ1v) is 8.03. The molecule has 112 valence electrons. The van der Waals surface area contributed by atoms with Crippen LogP contribution in [0.25, 0.3) is 0 Å². The number of non-ortho nitro benzene ring substituents is 1. The van der Waals surface area contributed by atoms with Gasteiger partial charge in [0.1, 0.15) is 0 Å². The van der Waals surface area contributed by atoms with Crippen LogP contribution < -0.4 is 0 Å². The van der Waals surface area contributed by atoms with E-state index < -0.39 is 4.92 Å². The highest BCUT2D eigenvalue weighted by Crippen LogP contribution is 2.72. The van der Waals surface area contributed by atoms with E-state index in [1.165, 1.54) is 0 Å². The monoisotopic (exact) mass is 351 g/mol. The Hall–Kier alpha value is -1.23. The minimum absolute atomic E-state index is 0.0872. The largest absolute Gasteiger partial charge is 0.298 e. The first-order chi connectivity index (χ1) is 9.68. The van der Waals surface area contributed by atoms with E-state index in [1.54, 1.807) is 12.1 Å². The number of nitro groups is 1. The maximum atomic E-state index is 12.7. The zero-order chi connectivity index (χ0) is 15.6. The highest BCUT2D eigenvalue weighted by Gasteiger charge is 2.74. The van der Waals surface area contributed by atoms with Gasteiger partial charge in [-0.15, -0.1) is 0 Å². The molecular formula is C16H18BrNO3. The molecule has 0 saturated heterocycles. The third kappa shape index (κ3) is 1.48. The summed E-state index contributed by atoms with van der Waals surface area (Å²) in [4.78, 5) is 22.9. The molecule has 2 aliphatic carbocycles. The van der Waals surface area contributed by atoms with Gasteiger partial charge in [-0.3, -0.25) is 14.9 Å². The summed E-state index contributed by atoms with van der Waals surface area (Å²) in [6, 6.07) is 6.72. The number of nitro benzene ring substituents is 1. The van der Waals surface area contributed by atoms with Crippen molar-refractivity contribution in [3.8, 4) is 0 Å². The zero-order valence-electron chi connectivity index (χ0n) is 12.4. The Bertz CT molecular complexity index is 639. The maximum Gasteiger partial charge on any atom is 0.269 e. The van der Waals surface area contributed by atoms with E-state index in [1.807, 2.05) is 12.1 Å². The minimum Gasteiger partial charge on any atom is -0.298 e. The van der Waals surface area contributed by atoms with E-state index in [0.29, 0.717) is 0 Å². The molecule has 21 heavy (non-hydrogen) atoms. The Morgan fingerprint density at radius 3 is 2.19 bits per heavy atom. The number of hydrogen-bond acceptors (Lipinski definition) is 3. The normalized spacial score (nSPS) is 37.0. The number of carbonyl (C=O) groups excluding carboxylic acids is 1. The van der Waals surface area contributed by atoms with Crippen molar-refractivity contribution in [3.05, 3.63) is 39.9 Å². The summed E-state index contributed by atoms with van der Waals surface area (Å²) in [6.45, 7) is 6.37. The number of hydrogen-bond donors (Lipinski definition) is 0. The fraction of sp³-hybridized carbons (Fsp3) is 0.562. The lowest BCUT2D eigenvalue weighted by molar-refractivity contribution is -0.384. The SMILES string of the molecule is CC1(C)[C@]2(C)CC[C@@]1(c1ccc([N+](=O)[O-])cc1)[C@@H](Br)C2=O. The van der Waals surface area contributed by atoms with E-state index in [4.69, 9.17) is 0 Å². The summed E-state index contributed by atoms with van der Waals surface area (Å²) in [5.74, 6) is 0.261. The highest BCUT2D eigenvalue weighted by molar-refractivity contribution is 9.10. The first kappa shape index (κ1) is 14.7. The molecule has 0 radical (unpaired) electrons. The molecule has 2 bridgehead atoms. The predicted molar refractivity (Wildman–Crippen MR) is 83.6 cm³/mol. The van der Waals surface area contributed by atoms with Crippen molar-refractivity contribution in [1.82, 2.24) is 0 Å². The third-order valence-corrected chi connectivity index (χ3v) is 7.51. The summed E-state index contributed by atoms with van der Waals surface area (Å²) in [5, 5.41) is 10.8. The Morgan fingerprint density at radius 1 is 1.19 bits per heavy atom. The molecule has 3 rings (SSSR count). The number of rotatable bonds is 2. The molecule has 2 saturated carbocycles. The van der Waals surface area contributed by atoms with Crippen LogP contribution in [0.15, 0.2) is 24.3 Å². The van der Waals surface area contributed by atoms with E-state index in [9.17, 15) is 14.9 Å². The van der Waals surface area contributed by atoms with Crippen molar-refractivity contribution in [2.24, 2.45) is 10.8 Å². The van der Waals surface area contributed by atoms with Crippen LogP contribution in [-0.2, 0) is 10.2 Å². The summed E-state index contributed by atoms with van der Waals surface area (Å²) in [7, 11) is 0. The molecule has 4 nitrogen and oxygen atoms in total. The number of ketones is 1. The molecule has 0 heterocycles. The van der Waals surface area contributed by atoms with Crippen LogP contribution >= 0.6 is 15.9 Å². The quantitative estimate of drug-likeness (QED) is 0.459. The van der Waals surface area contributed by atoms with Crippen molar-refractivity contribution >= 4 is 27.4 Å². The lowest BCUT2D eigenvalue weighted by atomic mass is 9.62. The second-order valence-corrected chi connectivity index (χ2v) is 7.87. The summed E-state index contributed by atoms with van der Waals surface area (Å²) >= 11 is 3.63. The standard InChI is InChI=1S/C16H18BrNO3/c1-14(2)15(3)8-9-16(14,12(17)13(15)19)10-4-6-11(7-5-10)18(20)21/h4-7,12H,8-9H2,1-3H3/t12-,15+,16+/m0/s1. The fourth-order valence-corrected chi connectivity index (χ4v) is 6.05. The molecular weight excluding hydrogens is 334 g/mol. The second-order valence-electron chi connectivity index (χ2n) is 6.96. The van der Waals surface area contributed by atoms with Gasteiger partial charge >= 0.3 is 0 Å². The first-order valence-electron chi connectivity index (χ1n) is 7.12. The van der Waals surface area contributed by atoms with E-state index >= 15 is 0 Å². The number of fused-ring (bicyclic) bond motifs is 2. The lowest BCUT2D eigenvalue weighted by Gasteiger charge is -2.41. The van der Waals surface area contributed by atoms with Crippen molar-refractivity contribution in [2.45, 2.75) is 43.9 Å². The van der Waals surface area contributed by atoms with Crippen LogP contribution in [-0.4, -0.2) is 15.5 Å². The van der Waals surface area contributed by atoms with Crippen molar-refractivity contribution in [1.29, 1.82) is 0 Å². The van der Waals surface area contributed by atoms with Gasteiger partial charge in [0.15, 0.2) is 5.78 Å². The molecule has 3 atom stereocenters. The molecule has 0 amide bonds. The maximum absolute atomic E-state index is 12.7. The van der Waals surface area contributed by atoms with E-state index in [-0.39, 0.29) is 32.5 Å². The minimum atomic E-state index is -0.392. The highest BCUT2D eigenvalue weighted by atomic mass is 79.9. The number of alkyl halides is 1. The third-order valence-electron chi connectivity index (χ3n) is 6.31. The molecule has 0 unspecified atom stereocenters. The van der Waals surface area contributed by atoms with Crippen molar-refractivity contribution < 1.29 is 9.72 Å². The van der Waals surface area contributed by atoms with Crippen molar-refractivity contribution in [2.75, 3.05) is 0 Å². The van der Waals surface area contributed by atoms with Gasteiger partial charge in [-0.1, -0.05) is 48.8 Å². The zero-order valence-corrected chi connectivity index (χ0v) is 13.9. The van der Waals surface area contributed by atoms with Gasteiger partial charge < -0.3 is 0 Å². The second kappa shape index (κ2) is 4.15. The van der Waals surface area contributed by atoms with Gasteiger partial charge in [-0.2, -0.15) is 0 Å². The van der Waals surface area contributed by atoms with E-state index in [2.05, 4.69) is 36.7 Å². The summed E-state index contributed by atoms with van der Waals surface area (Å²) < 4.78 is 0. The topological polar surface area (TPSA) is 60.2 Å². The Labute approximate surface area is 132 Å².